The van der Waals surface area contributed by atoms with Crippen LogP contribution in [-0.2, 0) is 6.42 Å². The van der Waals surface area contributed by atoms with E-state index in [1.807, 2.05) is 49.9 Å². The molecule has 2 aromatic carbocycles. The third kappa shape index (κ3) is 4.29. The standard InChI is InChI=1S/C27H27F2N3O2S/c1-16-12-23(33)26(27(34)31-11-10-18(15-31)30(2)3)22-14-25(17-8-9-19(28)20(29)13-17)35-24-7-5-4-6-21(24)32(16)22/h4-9,12-13,18,25H,10-11,14-15H2,1-3H3/t18-,25+/m0/s1. The Morgan fingerprint density at radius 1 is 1.09 bits per heavy atom. The predicted molar refractivity (Wildman–Crippen MR) is 133 cm³/mol. The largest absolute Gasteiger partial charge is 0.337 e. The van der Waals surface area contributed by atoms with Gasteiger partial charge in [0.15, 0.2) is 17.1 Å². The smallest absolute Gasteiger partial charge is 0.259 e. The number of rotatable bonds is 3. The van der Waals surface area contributed by atoms with Crippen molar-refractivity contribution in [2.24, 2.45) is 0 Å². The second-order valence-corrected chi connectivity index (χ2v) is 10.7. The minimum Gasteiger partial charge on any atom is -0.337 e. The van der Waals surface area contributed by atoms with E-state index in [1.54, 1.807) is 11.0 Å². The van der Waals surface area contributed by atoms with Crippen LogP contribution in [0.3, 0.4) is 0 Å². The van der Waals surface area contributed by atoms with E-state index in [0.29, 0.717) is 30.8 Å². The zero-order chi connectivity index (χ0) is 24.9. The maximum Gasteiger partial charge on any atom is 0.259 e. The molecule has 2 aliphatic rings. The number of thioether (sulfide) groups is 1. The van der Waals surface area contributed by atoms with Gasteiger partial charge in [-0.15, -0.1) is 11.8 Å². The fourth-order valence-corrected chi connectivity index (χ4v) is 6.34. The zero-order valence-corrected chi connectivity index (χ0v) is 20.7. The number of pyridine rings is 1. The van der Waals surface area contributed by atoms with Crippen LogP contribution >= 0.6 is 11.8 Å². The first kappa shape index (κ1) is 23.8. The zero-order valence-electron chi connectivity index (χ0n) is 19.9. The Labute approximate surface area is 207 Å². The number of halogens is 2. The van der Waals surface area contributed by atoms with Crippen molar-refractivity contribution in [2.75, 3.05) is 27.2 Å². The molecule has 0 bridgehead atoms. The molecule has 1 fully saturated rings. The molecule has 2 aliphatic heterocycles. The molecule has 1 aromatic heterocycles. The number of aryl methyl sites for hydroxylation is 1. The topological polar surface area (TPSA) is 45.6 Å². The quantitative estimate of drug-likeness (QED) is 0.533. The summed E-state index contributed by atoms with van der Waals surface area (Å²) in [6.45, 7) is 3.01. The molecule has 3 aromatic rings. The number of hydrogen-bond acceptors (Lipinski definition) is 4. The number of hydrogen-bond donors (Lipinski definition) is 0. The van der Waals surface area contributed by atoms with Crippen LogP contribution in [0, 0.1) is 18.6 Å². The normalized spacial score (nSPS) is 19.4. The molecule has 0 aliphatic carbocycles. The van der Waals surface area contributed by atoms with Crippen molar-refractivity contribution in [2.45, 2.75) is 36.0 Å². The molecule has 8 heteroatoms. The van der Waals surface area contributed by atoms with Crippen molar-refractivity contribution in [3.63, 3.8) is 0 Å². The maximum atomic E-state index is 14.2. The van der Waals surface area contributed by atoms with Crippen LogP contribution in [0.5, 0.6) is 0 Å². The van der Waals surface area contributed by atoms with Crippen LogP contribution in [0.2, 0.25) is 0 Å². The summed E-state index contributed by atoms with van der Waals surface area (Å²) in [5.41, 5.74) is 2.68. The molecule has 0 N–H and O–H groups in total. The molecule has 0 spiro atoms. The minimum absolute atomic E-state index is 0.167. The van der Waals surface area contributed by atoms with Crippen LogP contribution in [0.1, 0.15) is 39.0 Å². The molecular formula is C27H27F2N3O2S. The fourth-order valence-electron chi connectivity index (χ4n) is 5.07. The molecule has 1 saturated heterocycles. The second-order valence-electron chi connectivity index (χ2n) is 9.42. The number of carbonyl (C=O) groups excluding carboxylic acids is 1. The summed E-state index contributed by atoms with van der Waals surface area (Å²) in [5, 5.41) is -0.305. The first-order valence-electron chi connectivity index (χ1n) is 11.7. The van der Waals surface area contributed by atoms with Crippen LogP contribution in [0.4, 0.5) is 8.78 Å². The van der Waals surface area contributed by atoms with Crippen molar-refractivity contribution in [3.05, 3.63) is 92.9 Å². The van der Waals surface area contributed by atoms with Gasteiger partial charge in [0.25, 0.3) is 5.91 Å². The molecule has 5 nitrogen and oxygen atoms in total. The van der Waals surface area contributed by atoms with Crippen LogP contribution < -0.4 is 5.43 Å². The lowest BCUT2D eigenvalue weighted by Crippen LogP contribution is -2.38. The number of benzene rings is 2. The Bertz CT molecular complexity index is 1370. The molecule has 5 rings (SSSR count). The van der Waals surface area contributed by atoms with Crippen molar-refractivity contribution in [1.82, 2.24) is 14.4 Å². The van der Waals surface area contributed by atoms with Gasteiger partial charge in [0.1, 0.15) is 5.56 Å². The van der Waals surface area contributed by atoms with Gasteiger partial charge in [-0.3, -0.25) is 9.59 Å². The van der Waals surface area contributed by atoms with E-state index in [0.717, 1.165) is 28.8 Å². The van der Waals surface area contributed by atoms with Crippen molar-refractivity contribution < 1.29 is 13.6 Å². The van der Waals surface area contributed by atoms with E-state index in [4.69, 9.17) is 0 Å². The molecule has 0 unspecified atom stereocenters. The second kappa shape index (κ2) is 9.24. The molecule has 2 atom stereocenters. The SMILES string of the molecule is Cc1cc(=O)c(C(=O)N2CC[C@H](N(C)C)C2)c2n1-c1ccccc1S[C@@H](c1ccc(F)c(F)c1)C2. The minimum atomic E-state index is -0.912. The van der Waals surface area contributed by atoms with Crippen LogP contribution in [-0.4, -0.2) is 53.5 Å². The highest BCUT2D eigenvalue weighted by atomic mass is 32.2. The molecule has 0 radical (unpaired) electrons. The number of nitrogens with zero attached hydrogens (tertiary/aromatic N) is 3. The van der Waals surface area contributed by atoms with E-state index >= 15 is 0 Å². The summed E-state index contributed by atoms with van der Waals surface area (Å²) in [5.74, 6) is -2.08. The highest BCUT2D eigenvalue weighted by Gasteiger charge is 2.34. The van der Waals surface area contributed by atoms with Crippen LogP contribution in [0.15, 0.2) is 58.2 Å². The number of amides is 1. The van der Waals surface area contributed by atoms with Crippen molar-refractivity contribution in [3.8, 4) is 5.69 Å². The van der Waals surface area contributed by atoms with E-state index in [-0.39, 0.29) is 28.2 Å². The predicted octanol–water partition coefficient (Wildman–Crippen LogP) is 4.59. The van der Waals surface area contributed by atoms with Crippen LogP contribution in [0.25, 0.3) is 5.69 Å². The first-order chi connectivity index (χ1) is 16.7. The Morgan fingerprint density at radius 3 is 2.57 bits per heavy atom. The number of likely N-dealkylation sites (N-methyl/N-ethyl adjacent to an activating group) is 1. The molecule has 0 saturated carbocycles. The van der Waals surface area contributed by atoms with E-state index < -0.39 is 11.6 Å². The van der Waals surface area contributed by atoms with E-state index in [2.05, 4.69) is 4.90 Å². The average Bonchev–Trinajstić information content (AvgIpc) is 3.25. The van der Waals surface area contributed by atoms with Gasteiger partial charge >= 0.3 is 0 Å². The van der Waals surface area contributed by atoms with Crippen molar-refractivity contribution in [1.29, 1.82) is 0 Å². The van der Waals surface area contributed by atoms with Gasteiger partial charge in [-0.05, 0) is 57.3 Å². The van der Waals surface area contributed by atoms with Gasteiger partial charge in [0.2, 0.25) is 0 Å². The molecule has 182 valence electrons. The van der Waals surface area contributed by atoms with Gasteiger partial charge in [0, 0.05) is 53.2 Å². The summed E-state index contributed by atoms with van der Waals surface area (Å²) in [6.07, 6.45) is 1.18. The monoisotopic (exact) mass is 495 g/mol. The summed E-state index contributed by atoms with van der Waals surface area (Å²) < 4.78 is 29.8. The number of carbonyl (C=O) groups is 1. The van der Waals surface area contributed by atoms with Gasteiger partial charge in [-0.25, -0.2) is 8.78 Å². The summed E-state index contributed by atoms with van der Waals surface area (Å²) in [6, 6.07) is 13.5. The van der Waals surface area contributed by atoms with Gasteiger partial charge in [0.05, 0.1) is 5.69 Å². The Hall–Kier alpha value is -2.97. The molecule has 3 heterocycles. The third-order valence-corrected chi connectivity index (χ3v) is 8.28. The maximum absolute atomic E-state index is 14.2. The number of aromatic nitrogens is 1. The van der Waals surface area contributed by atoms with Gasteiger partial charge in [-0.2, -0.15) is 0 Å². The lowest BCUT2D eigenvalue weighted by molar-refractivity contribution is 0.0779. The lowest BCUT2D eigenvalue weighted by Gasteiger charge is -2.24. The number of para-hydroxylation sites is 1. The Morgan fingerprint density at radius 2 is 1.86 bits per heavy atom. The van der Waals surface area contributed by atoms with Crippen molar-refractivity contribution >= 4 is 17.7 Å². The molecule has 1 amide bonds. The third-order valence-electron chi connectivity index (χ3n) is 6.96. The highest BCUT2D eigenvalue weighted by molar-refractivity contribution is 7.99. The number of fused-ring (bicyclic) bond motifs is 3. The summed E-state index contributed by atoms with van der Waals surface area (Å²) in [4.78, 5) is 31.9. The molecular weight excluding hydrogens is 468 g/mol. The number of likely N-dealkylation sites (tertiary alicyclic amines) is 1. The first-order valence-corrected chi connectivity index (χ1v) is 12.5. The summed E-state index contributed by atoms with van der Waals surface area (Å²) >= 11 is 1.53. The van der Waals surface area contributed by atoms with E-state index in [9.17, 15) is 18.4 Å². The fraction of sp³-hybridized carbons (Fsp3) is 0.333. The van der Waals surface area contributed by atoms with Gasteiger partial charge < -0.3 is 14.4 Å². The van der Waals surface area contributed by atoms with Gasteiger partial charge in [-0.1, -0.05) is 18.2 Å². The van der Waals surface area contributed by atoms with E-state index in [1.165, 1.54) is 23.9 Å². The summed E-state index contributed by atoms with van der Waals surface area (Å²) in [7, 11) is 3.98. The Balaban J connectivity index is 1.67. The highest BCUT2D eigenvalue weighted by Crippen LogP contribution is 2.44. The Kier molecular flexibility index (Phi) is 6.27. The molecule has 35 heavy (non-hydrogen) atoms. The average molecular weight is 496 g/mol. The lowest BCUT2D eigenvalue weighted by atomic mass is 10.0.